The summed E-state index contributed by atoms with van der Waals surface area (Å²) in [6, 6.07) is 8.11. The van der Waals surface area contributed by atoms with Crippen molar-refractivity contribution in [3.05, 3.63) is 29.8 Å². The van der Waals surface area contributed by atoms with Gasteiger partial charge in [0, 0.05) is 5.30 Å². The van der Waals surface area contributed by atoms with Crippen molar-refractivity contribution in [1.82, 2.24) is 0 Å². The van der Waals surface area contributed by atoms with E-state index in [4.69, 9.17) is 22.5 Å². The molecule has 1 rings (SSSR count). The van der Waals surface area contributed by atoms with Crippen LogP contribution in [0.1, 0.15) is 12.5 Å². The summed E-state index contributed by atoms with van der Waals surface area (Å²) in [4.78, 5) is 0. The van der Waals surface area contributed by atoms with Gasteiger partial charge in [-0.05, 0) is 12.0 Å². The fourth-order valence-corrected chi connectivity index (χ4v) is 1.89. The smallest absolute Gasteiger partial charge is 0.0727 e. The molecule has 0 N–H and O–H groups in total. The van der Waals surface area contributed by atoms with E-state index in [1.807, 2.05) is 12.1 Å². The first-order valence-electron chi connectivity index (χ1n) is 3.44. The zero-order chi connectivity index (χ0) is 8.27. The van der Waals surface area contributed by atoms with Crippen molar-refractivity contribution in [3.63, 3.8) is 0 Å². The maximum atomic E-state index is 5.73. The summed E-state index contributed by atoms with van der Waals surface area (Å²) in [7, 11) is 0. The standard InChI is InChI=1S/C8H9Cl2P/c1-2-7-3-5-8(6-4-7)11(9)10/h3-6H,2H2,1H3. The van der Waals surface area contributed by atoms with Crippen molar-refractivity contribution < 1.29 is 0 Å². The third-order valence-electron chi connectivity index (χ3n) is 1.54. The first-order valence-corrected chi connectivity index (χ1v) is 6.60. The Morgan fingerprint density at radius 2 is 1.73 bits per heavy atom. The highest BCUT2D eigenvalue weighted by Crippen LogP contribution is 2.45. The van der Waals surface area contributed by atoms with Gasteiger partial charge in [0.2, 0.25) is 0 Å². The fraction of sp³-hybridized carbons (Fsp3) is 0.250. The molecule has 0 unspecified atom stereocenters. The molecule has 0 saturated heterocycles. The maximum Gasteiger partial charge on any atom is 0.116 e. The molecule has 0 amide bonds. The molecule has 0 radical (unpaired) electrons. The largest absolute Gasteiger partial charge is 0.116 e. The highest BCUT2D eigenvalue weighted by atomic mass is 35.9. The Hall–Kier alpha value is 0.230. The van der Waals surface area contributed by atoms with Gasteiger partial charge < -0.3 is 0 Å². The first-order chi connectivity index (χ1) is 5.24. The van der Waals surface area contributed by atoms with E-state index >= 15 is 0 Å². The molecule has 0 atom stereocenters. The van der Waals surface area contributed by atoms with Crippen LogP contribution >= 0.6 is 29.1 Å². The van der Waals surface area contributed by atoms with Crippen LogP contribution in [0.25, 0.3) is 0 Å². The number of rotatable bonds is 2. The maximum absolute atomic E-state index is 5.73. The van der Waals surface area contributed by atoms with E-state index in [0.717, 1.165) is 11.7 Å². The van der Waals surface area contributed by atoms with Crippen LogP contribution in [0.3, 0.4) is 0 Å². The SMILES string of the molecule is CCc1ccc(P(Cl)Cl)cc1. The third-order valence-corrected chi connectivity index (χ3v) is 3.40. The zero-order valence-corrected chi connectivity index (χ0v) is 8.63. The number of hydrogen-bond donors (Lipinski definition) is 0. The van der Waals surface area contributed by atoms with E-state index in [0.29, 0.717) is 0 Å². The van der Waals surface area contributed by atoms with Crippen LogP contribution in [0, 0.1) is 0 Å². The van der Waals surface area contributed by atoms with E-state index in [-0.39, 0.29) is 0 Å². The van der Waals surface area contributed by atoms with E-state index in [1.165, 1.54) is 5.56 Å². The molecule has 11 heavy (non-hydrogen) atoms. The molecule has 0 nitrogen and oxygen atoms in total. The Bertz CT molecular complexity index is 218. The lowest BCUT2D eigenvalue weighted by molar-refractivity contribution is 1.14. The monoisotopic (exact) mass is 206 g/mol. The van der Waals surface area contributed by atoms with Crippen LogP contribution in [-0.2, 0) is 6.42 Å². The summed E-state index contributed by atoms with van der Waals surface area (Å²) in [5, 5.41) is 1.03. The Kier molecular flexibility index (Phi) is 3.65. The lowest BCUT2D eigenvalue weighted by Gasteiger charge is -2.01. The van der Waals surface area contributed by atoms with Crippen molar-refractivity contribution in [1.29, 1.82) is 0 Å². The lowest BCUT2D eigenvalue weighted by atomic mass is 10.2. The number of aryl methyl sites for hydroxylation is 1. The molecule has 0 aliphatic heterocycles. The molecule has 1 aromatic rings. The van der Waals surface area contributed by atoms with E-state index in [2.05, 4.69) is 19.1 Å². The van der Waals surface area contributed by atoms with Crippen molar-refractivity contribution >= 4 is 34.4 Å². The summed E-state index contributed by atoms with van der Waals surface area (Å²) in [6.07, 6.45) is 1.06. The van der Waals surface area contributed by atoms with Gasteiger partial charge in [-0.15, -0.1) is 0 Å². The van der Waals surface area contributed by atoms with Crippen LogP contribution in [0.4, 0.5) is 0 Å². The normalized spacial score (nSPS) is 10.5. The van der Waals surface area contributed by atoms with Crippen LogP contribution in [-0.4, -0.2) is 0 Å². The molecule has 0 bridgehead atoms. The third kappa shape index (κ3) is 2.63. The van der Waals surface area contributed by atoms with Crippen molar-refractivity contribution in [3.8, 4) is 0 Å². The fourth-order valence-electron chi connectivity index (χ4n) is 0.844. The van der Waals surface area contributed by atoms with Gasteiger partial charge in [-0.25, -0.2) is 0 Å². The van der Waals surface area contributed by atoms with Crippen LogP contribution in [0.2, 0.25) is 0 Å². The van der Waals surface area contributed by atoms with Gasteiger partial charge in [0.05, 0.1) is 0 Å². The minimum absolute atomic E-state index is 0.969. The number of halogens is 2. The molecule has 3 heteroatoms. The molecular weight excluding hydrogens is 198 g/mol. The van der Waals surface area contributed by atoms with Gasteiger partial charge in [0.15, 0.2) is 0 Å². The Morgan fingerprint density at radius 3 is 2.09 bits per heavy atom. The highest BCUT2D eigenvalue weighted by Gasteiger charge is 2.01. The topological polar surface area (TPSA) is 0 Å². The van der Waals surface area contributed by atoms with Gasteiger partial charge in [-0.2, -0.15) is 0 Å². The number of benzene rings is 1. The minimum atomic E-state index is -0.969. The summed E-state index contributed by atoms with van der Waals surface area (Å²) in [5.74, 6) is 0. The van der Waals surface area contributed by atoms with E-state index in [1.54, 1.807) is 0 Å². The predicted molar refractivity (Wildman–Crippen MR) is 54.1 cm³/mol. The summed E-state index contributed by atoms with van der Waals surface area (Å²) in [5.41, 5.74) is 1.32. The molecule has 0 aliphatic rings. The van der Waals surface area contributed by atoms with Gasteiger partial charge in [-0.1, -0.05) is 53.7 Å². The summed E-state index contributed by atoms with van der Waals surface area (Å²) < 4.78 is 0. The molecule has 0 saturated carbocycles. The first kappa shape index (κ1) is 9.32. The second-order valence-electron chi connectivity index (χ2n) is 2.25. The second-order valence-corrected chi connectivity index (χ2v) is 5.78. The average molecular weight is 207 g/mol. The van der Waals surface area contributed by atoms with Gasteiger partial charge >= 0.3 is 0 Å². The molecule has 1 aromatic carbocycles. The van der Waals surface area contributed by atoms with Crippen LogP contribution < -0.4 is 5.30 Å². The van der Waals surface area contributed by atoms with Gasteiger partial charge in [0.1, 0.15) is 6.63 Å². The van der Waals surface area contributed by atoms with Gasteiger partial charge in [-0.3, -0.25) is 0 Å². The number of hydrogen-bond acceptors (Lipinski definition) is 0. The average Bonchev–Trinajstić information content (AvgIpc) is 2.05. The van der Waals surface area contributed by atoms with Crippen LogP contribution in [0.15, 0.2) is 24.3 Å². The quantitative estimate of drug-likeness (QED) is 0.649. The van der Waals surface area contributed by atoms with E-state index < -0.39 is 6.63 Å². The molecule has 60 valence electrons. The minimum Gasteiger partial charge on any atom is -0.0727 e. The van der Waals surface area contributed by atoms with Crippen LogP contribution in [0.5, 0.6) is 0 Å². The highest BCUT2D eigenvalue weighted by molar-refractivity contribution is 8.08. The molecular formula is C8H9Cl2P. The summed E-state index contributed by atoms with van der Waals surface area (Å²) >= 11 is 11.5. The molecule has 0 heterocycles. The van der Waals surface area contributed by atoms with Crippen molar-refractivity contribution in [2.45, 2.75) is 13.3 Å². The molecule has 0 spiro atoms. The second kappa shape index (κ2) is 4.30. The molecule has 0 aromatic heterocycles. The Labute approximate surface area is 77.9 Å². The summed E-state index contributed by atoms with van der Waals surface area (Å²) in [6.45, 7) is 1.16. The van der Waals surface area contributed by atoms with Gasteiger partial charge in [0.25, 0.3) is 0 Å². The van der Waals surface area contributed by atoms with Crippen molar-refractivity contribution in [2.75, 3.05) is 0 Å². The van der Waals surface area contributed by atoms with Crippen molar-refractivity contribution in [2.24, 2.45) is 0 Å². The predicted octanol–water partition coefficient (Wildman–Crippen LogP) is 3.66. The lowest BCUT2D eigenvalue weighted by Crippen LogP contribution is -1.93. The Morgan fingerprint density at radius 1 is 1.18 bits per heavy atom. The Balaban J connectivity index is 2.83. The van der Waals surface area contributed by atoms with E-state index in [9.17, 15) is 0 Å². The molecule has 0 aliphatic carbocycles. The zero-order valence-electron chi connectivity index (χ0n) is 6.22. The molecule has 0 fully saturated rings.